The van der Waals surface area contributed by atoms with E-state index in [0.29, 0.717) is 17.9 Å². The van der Waals surface area contributed by atoms with E-state index in [1.165, 1.54) is 20.0 Å². The van der Waals surface area contributed by atoms with Crippen molar-refractivity contribution in [3.63, 3.8) is 0 Å². The molecule has 0 unspecified atom stereocenters. The standard InChI is InChI=1S/C15H22F2N2O2/c1-19(12-6-7-12)9-8-18-10-11-4-3-5-13(20-2)14(11)21-15(16)17/h3-5,12,15,18H,6-10H2,1-2H3. The number of hydrogen-bond donors (Lipinski definition) is 1. The first-order valence-electron chi connectivity index (χ1n) is 7.13. The molecule has 0 spiro atoms. The highest BCUT2D eigenvalue weighted by molar-refractivity contribution is 5.46. The summed E-state index contributed by atoms with van der Waals surface area (Å²) in [5.74, 6) is 0.433. The Balaban J connectivity index is 1.88. The van der Waals surface area contributed by atoms with Gasteiger partial charge in [-0.05, 0) is 26.0 Å². The highest BCUT2D eigenvalue weighted by Gasteiger charge is 2.25. The molecule has 1 aliphatic rings. The Labute approximate surface area is 124 Å². The van der Waals surface area contributed by atoms with Crippen LogP contribution >= 0.6 is 0 Å². The Morgan fingerprint density at radius 2 is 2.14 bits per heavy atom. The zero-order chi connectivity index (χ0) is 15.2. The van der Waals surface area contributed by atoms with Crippen molar-refractivity contribution >= 4 is 0 Å². The molecular weight excluding hydrogens is 278 g/mol. The van der Waals surface area contributed by atoms with Gasteiger partial charge in [-0.2, -0.15) is 8.78 Å². The molecular formula is C15H22F2N2O2. The fourth-order valence-corrected chi connectivity index (χ4v) is 2.26. The first kappa shape index (κ1) is 16.0. The van der Waals surface area contributed by atoms with Gasteiger partial charge in [0.25, 0.3) is 0 Å². The van der Waals surface area contributed by atoms with E-state index in [2.05, 4.69) is 22.0 Å². The predicted octanol–water partition coefficient (Wildman–Crippen LogP) is 2.48. The summed E-state index contributed by atoms with van der Waals surface area (Å²) < 4.78 is 34.7. The minimum absolute atomic E-state index is 0.109. The quantitative estimate of drug-likeness (QED) is 0.710. The molecule has 0 aromatic heterocycles. The Hall–Kier alpha value is -1.40. The number of rotatable bonds is 9. The molecule has 1 N–H and O–H groups in total. The fourth-order valence-electron chi connectivity index (χ4n) is 2.26. The minimum Gasteiger partial charge on any atom is -0.493 e. The van der Waals surface area contributed by atoms with Gasteiger partial charge in [0.1, 0.15) is 0 Å². The summed E-state index contributed by atoms with van der Waals surface area (Å²) in [4.78, 5) is 2.31. The average molecular weight is 300 g/mol. The van der Waals surface area contributed by atoms with Gasteiger partial charge >= 0.3 is 6.61 Å². The van der Waals surface area contributed by atoms with Gasteiger partial charge in [0.15, 0.2) is 11.5 Å². The number of ether oxygens (including phenoxy) is 2. The third-order valence-electron chi connectivity index (χ3n) is 3.61. The molecule has 6 heteroatoms. The summed E-state index contributed by atoms with van der Waals surface area (Å²) in [6.45, 7) is -0.642. The minimum atomic E-state index is -2.86. The van der Waals surface area contributed by atoms with Crippen molar-refractivity contribution in [2.45, 2.75) is 32.0 Å². The topological polar surface area (TPSA) is 33.7 Å². The predicted molar refractivity (Wildman–Crippen MR) is 77.0 cm³/mol. The number of para-hydroxylation sites is 1. The number of benzene rings is 1. The first-order valence-corrected chi connectivity index (χ1v) is 7.13. The van der Waals surface area contributed by atoms with Crippen LogP contribution in [-0.4, -0.2) is 44.8 Å². The van der Waals surface area contributed by atoms with Crippen LogP contribution in [0, 0.1) is 0 Å². The van der Waals surface area contributed by atoms with Gasteiger partial charge in [-0.25, -0.2) is 0 Å². The van der Waals surface area contributed by atoms with Crippen molar-refractivity contribution in [2.24, 2.45) is 0 Å². The molecule has 0 heterocycles. The zero-order valence-corrected chi connectivity index (χ0v) is 12.4. The van der Waals surface area contributed by atoms with Gasteiger partial charge in [-0.3, -0.25) is 0 Å². The average Bonchev–Trinajstić information content (AvgIpc) is 3.28. The van der Waals surface area contributed by atoms with Crippen LogP contribution in [0.25, 0.3) is 0 Å². The highest BCUT2D eigenvalue weighted by atomic mass is 19.3. The van der Waals surface area contributed by atoms with Crippen LogP contribution in [0.2, 0.25) is 0 Å². The van der Waals surface area contributed by atoms with Crippen LogP contribution in [0.3, 0.4) is 0 Å². The molecule has 1 aromatic rings. The number of nitrogens with zero attached hydrogens (tertiary/aromatic N) is 1. The summed E-state index contributed by atoms with van der Waals surface area (Å²) in [5, 5.41) is 3.26. The van der Waals surface area contributed by atoms with Crippen molar-refractivity contribution < 1.29 is 18.3 Å². The van der Waals surface area contributed by atoms with E-state index in [9.17, 15) is 8.78 Å². The summed E-state index contributed by atoms with van der Waals surface area (Å²) in [6, 6.07) is 5.87. The molecule has 0 bridgehead atoms. The lowest BCUT2D eigenvalue weighted by Crippen LogP contribution is -2.30. The Morgan fingerprint density at radius 3 is 2.76 bits per heavy atom. The molecule has 118 valence electrons. The summed E-state index contributed by atoms with van der Waals surface area (Å²) in [6.07, 6.45) is 2.55. The van der Waals surface area contributed by atoms with Gasteiger partial charge in [-0.15, -0.1) is 0 Å². The molecule has 4 nitrogen and oxygen atoms in total. The second-order valence-electron chi connectivity index (χ2n) is 5.22. The van der Waals surface area contributed by atoms with Crippen LogP contribution in [0.15, 0.2) is 18.2 Å². The second kappa shape index (κ2) is 7.56. The van der Waals surface area contributed by atoms with Crippen molar-refractivity contribution in [3.05, 3.63) is 23.8 Å². The molecule has 0 atom stereocenters. The maximum absolute atomic E-state index is 12.5. The fraction of sp³-hybridized carbons (Fsp3) is 0.600. The maximum Gasteiger partial charge on any atom is 0.387 e. The van der Waals surface area contributed by atoms with E-state index in [4.69, 9.17) is 4.74 Å². The van der Waals surface area contributed by atoms with Crippen LogP contribution < -0.4 is 14.8 Å². The number of hydrogen-bond acceptors (Lipinski definition) is 4. The second-order valence-corrected chi connectivity index (χ2v) is 5.22. The van der Waals surface area contributed by atoms with Gasteiger partial charge in [-0.1, -0.05) is 12.1 Å². The Kier molecular flexibility index (Phi) is 5.76. The number of likely N-dealkylation sites (N-methyl/N-ethyl adjacent to an activating group) is 1. The van der Waals surface area contributed by atoms with Crippen LogP contribution in [-0.2, 0) is 6.54 Å². The van der Waals surface area contributed by atoms with E-state index in [1.54, 1.807) is 18.2 Å². The smallest absolute Gasteiger partial charge is 0.387 e. The Morgan fingerprint density at radius 1 is 1.38 bits per heavy atom. The zero-order valence-electron chi connectivity index (χ0n) is 12.4. The lowest BCUT2D eigenvalue weighted by Gasteiger charge is -2.17. The third-order valence-corrected chi connectivity index (χ3v) is 3.61. The summed E-state index contributed by atoms with van der Waals surface area (Å²) in [7, 11) is 3.55. The molecule has 0 amide bonds. The van der Waals surface area contributed by atoms with Crippen LogP contribution in [0.5, 0.6) is 11.5 Å². The van der Waals surface area contributed by atoms with E-state index in [1.807, 2.05) is 0 Å². The van der Waals surface area contributed by atoms with Crippen LogP contribution in [0.1, 0.15) is 18.4 Å². The lowest BCUT2D eigenvalue weighted by molar-refractivity contribution is -0.0518. The normalized spacial score (nSPS) is 14.8. The van der Waals surface area contributed by atoms with Crippen LogP contribution in [0.4, 0.5) is 8.78 Å². The number of methoxy groups -OCH3 is 1. The first-order chi connectivity index (χ1) is 10.1. The molecule has 0 radical (unpaired) electrons. The number of alkyl halides is 2. The molecule has 2 rings (SSSR count). The van der Waals surface area contributed by atoms with Gasteiger partial charge in [0.05, 0.1) is 7.11 Å². The molecule has 0 aliphatic heterocycles. The third kappa shape index (κ3) is 4.82. The van der Waals surface area contributed by atoms with E-state index in [-0.39, 0.29) is 5.75 Å². The molecule has 0 saturated heterocycles. The molecule has 1 aromatic carbocycles. The SMILES string of the molecule is COc1cccc(CNCCN(C)C2CC2)c1OC(F)F. The molecule has 1 aliphatic carbocycles. The Bertz CT molecular complexity index is 453. The number of halogens is 2. The molecule has 1 fully saturated rings. The van der Waals surface area contributed by atoms with Crippen molar-refractivity contribution in [2.75, 3.05) is 27.2 Å². The van der Waals surface area contributed by atoms with E-state index in [0.717, 1.165) is 19.1 Å². The van der Waals surface area contributed by atoms with Gasteiger partial charge < -0.3 is 19.7 Å². The van der Waals surface area contributed by atoms with Crippen molar-refractivity contribution in [1.29, 1.82) is 0 Å². The molecule has 1 saturated carbocycles. The molecule has 21 heavy (non-hydrogen) atoms. The van der Waals surface area contributed by atoms with Crippen molar-refractivity contribution in [1.82, 2.24) is 10.2 Å². The van der Waals surface area contributed by atoms with E-state index < -0.39 is 6.61 Å². The van der Waals surface area contributed by atoms with Crippen molar-refractivity contribution in [3.8, 4) is 11.5 Å². The summed E-state index contributed by atoms with van der Waals surface area (Å²) in [5.41, 5.74) is 0.670. The highest BCUT2D eigenvalue weighted by Crippen LogP contribution is 2.32. The van der Waals surface area contributed by atoms with Gasteiger partial charge in [0.2, 0.25) is 0 Å². The number of nitrogens with one attached hydrogen (secondary N) is 1. The largest absolute Gasteiger partial charge is 0.493 e. The van der Waals surface area contributed by atoms with Gasteiger partial charge in [0, 0.05) is 31.2 Å². The monoisotopic (exact) mass is 300 g/mol. The lowest BCUT2D eigenvalue weighted by atomic mass is 10.2. The summed E-state index contributed by atoms with van der Waals surface area (Å²) >= 11 is 0. The van der Waals surface area contributed by atoms with E-state index >= 15 is 0 Å². The maximum atomic E-state index is 12.5.